The smallest absolute Gasteiger partial charge is 0.257 e. The van der Waals surface area contributed by atoms with Gasteiger partial charge in [-0.1, -0.05) is 0 Å². The lowest BCUT2D eigenvalue weighted by molar-refractivity contribution is 0.0659. The number of likely N-dealkylation sites (tertiary alicyclic amines) is 1. The predicted octanol–water partition coefficient (Wildman–Crippen LogP) is 3.13. The molecule has 0 radical (unpaired) electrons. The normalized spacial score (nSPS) is 17.3. The molecule has 3 rings (SSSR count). The maximum absolute atomic E-state index is 13.0. The molecule has 1 amide bonds. The van der Waals surface area contributed by atoms with E-state index in [1.807, 2.05) is 24.0 Å². The Labute approximate surface area is 154 Å². The van der Waals surface area contributed by atoms with Crippen molar-refractivity contribution in [2.24, 2.45) is 5.92 Å². The maximum Gasteiger partial charge on any atom is 0.257 e. The van der Waals surface area contributed by atoms with Gasteiger partial charge < -0.3 is 9.64 Å². The van der Waals surface area contributed by atoms with Gasteiger partial charge in [-0.25, -0.2) is 9.97 Å². The SMILES string of the molecule is COCCC[C@H]1CCCN(C(=O)c2cnc(-c3cccnc3)nc2C)C1. The van der Waals surface area contributed by atoms with Crippen LogP contribution in [0.25, 0.3) is 11.4 Å². The zero-order valence-corrected chi connectivity index (χ0v) is 15.5. The van der Waals surface area contributed by atoms with Crippen LogP contribution < -0.4 is 0 Å². The van der Waals surface area contributed by atoms with E-state index in [1.165, 1.54) is 6.42 Å². The molecule has 0 N–H and O–H groups in total. The van der Waals surface area contributed by atoms with E-state index in [4.69, 9.17) is 4.74 Å². The summed E-state index contributed by atoms with van der Waals surface area (Å²) in [5.74, 6) is 1.19. The number of aryl methyl sites for hydroxylation is 1. The molecule has 26 heavy (non-hydrogen) atoms. The molecule has 0 aromatic carbocycles. The van der Waals surface area contributed by atoms with Crippen molar-refractivity contribution >= 4 is 5.91 Å². The minimum atomic E-state index is 0.0386. The molecular weight excluding hydrogens is 328 g/mol. The topological polar surface area (TPSA) is 68.2 Å². The van der Waals surface area contributed by atoms with Gasteiger partial charge in [0.25, 0.3) is 5.91 Å². The first-order valence-electron chi connectivity index (χ1n) is 9.21. The van der Waals surface area contributed by atoms with Gasteiger partial charge in [-0.3, -0.25) is 9.78 Å². The van der Waals surface area contributed by atoms with E-state index in [0.29, 0.717) is 23.0 Å². The molecule has 1 saturated heterocycles. The van der Waals surface area contributed by atoms with Crippen molar-refractivity contribution in [1.82, 2.24) is 19.9 Å². The van der Waals surface area contributed by atoms with E-state index in [0.717, 1.165) is 44.5 Å². The summed E-state index contributed by atoms with van der Waals surface area (Å²) < 4.78 is 5.14. The van der Waals surface area contributed by atoms with Crippen molar-refractivity contribution in [3.05, 3.63) is 42.0 Å². The van der Waals surface area contributed by atoms with Crippen molar-refractivity contribution < 1.29 is 9.53 Å². The van der Waals surface area contributed by atoms with Gasteiger partial charge in [0, 0.05) is 51.0 Å². The van der Waals surface area contributed by atoms with Crippen LogP contribution in [-0.4, -0.2) is 52.6 Å². The lowest BCUT2D eigenvalue weighted by Crippen LogP contribution is -2.40. The Morgan fingerprint density at radius 3 is 3.00 bits per heavy atom. The Kier molecular flexibility index (Phi) is 6.28. The number of rotatable bonds is 6. The predicted molar refractivity (Wildman–Crippen MR) is 99.7 cm³/mol. The summed E-state index contributed by atoms with van der Waals surface area (Å²) in [6, 6.07) is 3.77. The Morgan fingerprint density at radius 2 is 2.27 bits per heavy atom. The lowest BCUT2D eigenvalue weighted by Gasteiger charge is -2.33. The number of aromatic nitrogens is 3. The molecule has 1 aliphatic heterocycles. The van der Waals surface area contributed by atoms with E-state index in [9.17, 15) is 4.79 Å². The van der Waals surface area contributed by atoms with Gasteiger partial charge in [-0.2, -0.15) is 0 Å². The van der Waals surface area contributed by atoms with Crippen LogP contribution in [0.4, 0.5) is 0 Å². The summed E-state index contributed by atoms with van der Waals surface area (Å²) in [6.45, 7) is 4.28. The summed E-state index contributed by atoms with van der Waals surface area (Å²) in [7, 11) is 1.73. The average Bonchev–Trinajstić information content (AvgIpc) is 2.68. The van der Waals surface area contributed by atoms with Gasteiger partial charge in [-0.05, 0) is 50.7 Å². The highest BCUT2D eigenvalue weighted by atomic mass is 16.5. The summed E-state index contributed by atoms with van der Waals surface area (Å²) in [5, 5.41) is 0. The number of carbonyl (C=O) groups is 1. The molecule has 1 atom stereocenters. The number of hydrogen-bond donors (Lipinski definition) is 0. The highest BCUT2D eigenvalue weighted by molar-refractivity contribution is 5.95. The first-order chi connectivity index (χ1) is 12.7. The molecule has 0 aliphatic carbocycles. The van der Waals surface area contributed by atoms with Gasteiger partial charge in [0.2, 0.25) is 0 Å². The number of ether oxygens (including phenoxy) is 1. The van der Waals surface area contributed by atoms with Crippen molar-refractivity contribution in [3.63, 3.8) is 0 Å². The van der Waals surface area contributed by atoms with Crippen LogP contribution in [0, 0.1) is 12.8 Å². The van der Waals surface area contributed by atoms with Crippen molar-refractivity contribution in [3.8, 4) is 11.4 Å². The first-order valence-corrected chi connectivity index (χ1v) is 9.21. The largest absolute Gasteiger partial charge is 0.385 e. The van der Waals surface area contributed by atoms with Crippen molar-refractivity contribution in [2.45, 2.75) is 32.6 Å². The lowest BCUT2D eigenvalue weighted by atomic mass is 9.93. The Bertz CT molecular complexity index is 736. The molecule has 1 fully saturated rings. The van der Waals surface area contributed by atoms with E-state index in [1.54, 1.807) is 25.7 Å². The molecule has 6 heteroatoms. The average molecular weight is 354 g/mol. The Morgan fingerprint density at radius 1 is 1.38 bits per heavy atom. The molecule has 6 nitrogen and oxygen atoms in total. The van der Waals surface area contributed by atoms with E-state index < -0.39 is 0 Å². The number of piperidine rings is 1. The third-order valence-corrected chi connectivity index (χ3v) is 4.90. The van der Waals surface area contributed by atoms with Crippen LogP contribution in [0.1, 0.15) is 41.7 Å². The van der Waals surface area contributed by atoms with Crippen LogP contribution in [0.5, 0.6) is 0 Å². The molecule has 0 unspecified atom stereocenters. The highest BCUT2D eigenvalue weighted by Gasteiger charge is 2.25. The van der Waals surface area contributed by atoms with Crippen LogP contribution in [0.15, 0.2) is 30.7 Å². The van der Waals surface area contributed by atoms with Crippen LogP contribution in [0.2, 0.25) is 0 Å². The van der Waals surface area contributed by atoms with E-state index in [2.05, 4.69) is 15.0 Å². The third-order valence-electron chi connectivity index (χ3n) is 4.90. The zero-order chi connectivity index (χ0) is 18.4. The molecule has 0 spiro atoms. The molecule has 0 saturated carbocycles. The van der Waals surface area contributed by atoms with Gasteiger partial charge in [0.15, 0.2) is 5.82 Å². The Balaban J connectivity index is 1.69. The summed E-state index contributed by atoms with van der Waals surface area (Å²) in [6.07, 6.45) is 9.49. The van der Waals surface area contributed by atoms with Crippen LogP contribution >= 0.6 is 0 Å². The molecule has 138 valence electrons. The van der Waals surface area contributed by atoms with Gasteiger partial charge >= 0.3 is 0 Å². The van der Waals surface area contributed by atoms with Gasteiger partial charge in [0.1, 0.15) is 0 Å². The number of carbonyl (C=O) groups excluding carboxylic acids is 1. The quantitative estimate of drug-likeness (QED) is 0.746. The third kappa shape index (κ3) is 4.43. The van der Waals surface area contributed by atoms with Crippen molar-refractivity contribution in [1.29, 1.82) is 0 Å². The monoisotopic (exact) mass is 354 g/mol. The maximum atomic E-state index is 13.0. The second-order valence-electron chi connectivity index (χ2n) is 6.83. The fourth-order valence-corrected chi connectivity index (χ4v) is 3.48. The minimum Gasteiger partial charge on any atom is -0.385 e. The minimum absolute atomic E-state index is 0.0386. The summed E-state index contributed by atoms with van der Waals surface area (Å²) in [5.41, 5.74) is 2.16. The standard InChI is InChI=1S/C20H26N4O2/c1-15-18(13-22-19(23-15)17-8-3-9-21-12-17)20(25)24-10-4-6-16(14-24)7-5-11-26-2/h3,8-9,12-13,16H,4-7,10-11,14H2,1-2H3/t16-/m1/s1. The molecule has 1 aliphatic rings. The van der Waals surface area contributed by atoms with E-state index >= 15 is 0 Å². The van der Waals surface area contributed by atoms with Gasteiger partial charge in [0.05, 0.1) is 11.3 Å². The number of amides is 1. The highest BCUT2D eigenvalue weighted by Crippen LogP contribution is 2.23. The second-order valence-corrected chi connectivity index (χ2v) is 6.83. The molecule has 2 aromatic rings. The second kappa shape index (κ2) is 8.85. The number of nitrogens with zero attached hydrogens (tertiary/aromatic N) is 4. The molecule has 0 bridgehead atoms. The number of methoxy groups -OCH3 is 1. The number of hydrogen-bond acceptors (Lipinski definition) is 5. The number of pyridine rings is 1. The zero-order valence-electron chi connectivity index (χ0n) is 15.5. The summed E-state index contributed by atoms with van der Waals surface area (Å²) >= 11 is 0. The van der Waals surface area contributed by atoms with Gasteiger partial charge in [-0.15, -0.1) is 0 Å². The fraction of sp³-hybridized carbons (Fsp3) is 0.500. The summed E-state index contributed by atoms with van der Waals surface area (Å²) in [4.78, 5) is 27.9. The molecule has 2 aromatic heterocycles. The van der Waals surface area contributed by atoms with Crippen LogP contribution in [-0.2, 0) is 4.74 Å². The molecular formula is C20H26N4O2. The first kappa shape index (κ1) is 18.5. The van der Waals surface area contributed by atoms with E-state index in [-0.39, 0.29) is 5.91 Å². The van der Waals surface area contributed by atoms with Crippen molar-refractivity contribution in [2.75, 3.05) is 26.8 Å². The van der Waals surface area contributed by atoms with Crippen LogP contribution in [0.3, 0.4) is 0 Å². The fourth-order valence-electron chi connectivity index (χ4n) is 3.48. The molecule has 3 heterocycles. The Hall–Kier alpha value is -2.34.